The molecule has 0 spiro atoms. The maximum Gasteiger partial charge on any atom is 0.298 e. The van der Waals surface area contributed by atoms with Crippen LogP contribution in [0.3, 0.4) is 0 Å². The number of aryl methyl sites for hydroxylation is 2. The largest absolute Gasteiger partial charge is 0.390 e. The summed E-state index contributed by atoms with van der Waals surface area (Å²) < 4.78 is 43.7. The van der Waals surface area contributed by atoms with Crippen LogP contribution in [0.1, 0.15) is 47.5 Å². The summed E-state index contributed by atoms with van der Waals surface area (Å²) in [6.45, 7) is 2.02. The summed E-state index contributed by atoms with van der Waals surface area (Å²) in [7, 11) is 0. The fourth-order valence-electron chi connectivity index (χ4n) is 4.08. The van der Waals surface area contributed by atoms with Crippen LogP contribution < -0.4 is 5.32 Å². The van der Waals surface area contributed by atoms with Gasteiger partial charge in [-0.25, -0.2) is 14.4 Å². The van der Waals surface area contributed by atoms with Crippen LogP contribution in [-0.2, 0) is 18.8 Å². The number of aliphatic hydroxyl groups excluding tert-OH is 1. The van der Waals surface area contributed by atoms with Crippen molar-refractivity contribution in [2.75, 3.05) is 11.9 Å². The van der Waals surface area contributed by atoms with E-state index in [1.54, 1.807) is 13.8 Å². The lowest BCUT2D eigenvalue weighted by Gasteiger charge is -2.21. The Bertz CT molecular complexity index is 1140. The first-order valence-corrected chi connectivity index (χ1v) is 10.5. The Kier molecular flexibility index (Phi) is 5.48. The van der Waals surface area contributed by atoms with Gasteiger partial charge in [0.15, 0.2) is 0 Å². The lowest BCUT2D eigenvalue weighted by Crippen LogP contribution is -2.22. The molecular weight excluding hydrogens is 459 g/mol. The van der Waals surface area contributed by atoms with Crippen molar-refractivity contribution in [3.8, 4) is 0 Å². The van der Waals surface area contributed by atoms with Crippen LogP contribution in [0.5, 0.6) is 0 Å². The zero-order valence-corrected chi connectivity index (χ0v) is 18.2. The molecule has 3 aromatic rings. The number of halogens is 4. The number of benzene rings is 2. The molecule has 0 fully saturated rings. The molecule has 0 unspecified atom stereocenters. The number of aromatic nitrogens is 2. The molecule has 1 aliphatic rings. The minimum Gasteiger partial charge on any atom is -0.390 e. The van der Waals surface area contributed by atoms with Crippen molar-refractivity contribution in [3.63, 3.8) is 0 Å². The van der Waals surface area contributed by atoms with Gasteiger partial charge >= 0.3 is 0 Å². The topological polar surface area (TPSA) is 58.0 Å². The molecule has 30 heavy (non-hydrogen) atoms. The van der Waals surface area contributed by atoms with E-state index in [0.717, 1.165) is 40.7 Å². The summed E-state index contributed by atoms with van der Waals surface area (Å²) in [5.74, 6) is -3.58. The fourth-order valence-corrected chi connectivity index (χ4v) is 4.74. The molecule has 0 aliphatic heterocycles. The minimum absolute atomic E-state index is 0.0743. The van der Waals surface area contributed by atoms with E-state index in [0.29, 0.717) is 11.6 Å². The molecule has 1 aliphatic carbocycles. The molecule has 0 amide bonds. The molecule has 1 aromatic heterocycles. The standard InChI is InChI=1S/C22H21BrF3N3O/c1-11(13-5-4-8-17(19(13)24)22(25,26)10-30)27-21-16-9-18(23)14-6-3-7-15(14)20(16)28-12(2)29-21/h4-5,8-9,11,30H,3,6-7,10H2,1-2H3,(H,27,28,29)/t11-/m1/s1. The van der Waals surface area contributed by atoms with Gasteiger partial charge in [0.05, 0.1) is 17.1 Å². The van der Waals surface area contributed by atoms with Crippen molar-refractivity contribution in [2.24, 2.45) is 0 Å². The second-order valence-corrected chi connectivity index (χ2v) is 8.48. The minimum atomic E-state index is -3.65. The van der Waals surface area contributed by atoms with Crippen molar-refractivity contribution < 1.29 is 18.3 Å². The number of anilines is 1. The van der Waals surface area contributed by atoms with E-state index in [1.165, 1.54) is 23.3 Å². The first kappa shape index (κ1) is 21.1. The summed E-state index contributed by atoms with van der Waals surface area (Å²) in [5, 5.41) is 12.9. The van der Waals surface area contributed by atoms with Crippen molar-refractivity contribution in [1.29, 1.82) is 0 Å². The number of hydrogen-bond donors (Lipinski definition) is 2. The highest BCUT2D eigenvalue weighted by molar-refractivity contribution is 9.10. The molecule has 0 saturated heterocycles. The van der Waals surface area contributed by atoms with E-state index in [9.17, 15) is 13.2 Å². The number of aliphatic hydroxyl groups is 1. The van der Waals surface area contributed by atoms with Gasteiger partial charge in [-0.2, -0.15) is 8.78 Å². The Morgan fingerprint density at radius 3 is 2.70 bits per heavy atom. The zero-order chi connectivity index (χ0) is 21.6. The third-order valence-electron chi connectivity index (χ3n) is 5.56. The highest BCUT2D eigenvalue weighted by Gasteiger charge is 2.35. The highest BCUT2D eigenvalue weighted by atomic mass is 79.9. The molecule has 1 atom stereocenters. The monoisotopic (exact) mass is 479 g/mol. The van der Waals surface area contributed by atoms with Crippen LogP contribution in [0.2, 0.25) is 0 Å². The predicted octanol–water partition coefficient (Wildman–Crippen LogP) is 5.59. The predicted molar refractivity (Wildman–Crippen MR) is 113 cm³/mol. The van der Waals surface area contributed by atoms with Crippen LogP contribution in [0.25, 0.3) is 10.9 Å². The third kappa shape index (κ3) is 3.56. The maximum absolute atomic E-state index is 14.9. The zero-order valence-electron chi connectivity index (χ0n) is 16.6. The third-order valence-corrected chi connectivity index (χ3v) is 6.27. The van der Waals surface area contributed by atoms with Crippen LogP contribution >= 0.6 is 15.9 Å². The van der Waals surface area contributed by atoms with E-state index in [1.807, 2.05) is 6.07 Å². The Morgan fingerprint density at radius 2 is 1.97 bits per heavy atom. The highest BCUT2D eigenvalue weighted by Crippen LogP contribution is 2.38. The van der Waals surface area contributed by atoms with Crippen LogP contribution in [0.4, 0.5) is 19.0 Å². The number of fused-ring (bicyclic) bond motifs is 3. The van der Waals surface area contributed by atoms with Crippen molar-refractivity contribution >= 4 is 32.7 Å². The SMILES string of the molecule is Cc1nc(N[C@H](C)c2cccc(C(F)(F)CO)c2F)c2cc(Br)c3c(c2n1)CCC3. The first-order valence-electron chi connectivity index (χ1n) is 9.75. The van der Waals surface area contributed by atoms with Crippen molar-refractivity contribution in [1.82, 2.24) is 9.97 Å². The van der Waals surface area contributed by atoms with Crippen LogP contribution in [-0.4, -0.2) is 21.7 Å². The van der Waals surface area contributed by atoms with Crippen LogP contribution in [0.15, 0.2) is 28.7 Å². The lowest BCUT2D eigenvalue weighted by atomic mass is 10.00. The molecule has 4 rings (SSSR count). The molecule has 2 N–H and O–H groups in total. The summed E-state index contributed by atoms with van der Waals surface area (Å²) >= 11 is 3.63. The quantitative estimate of drug-likeness (QED) is 0.500. The fraction of sp³-hybridized carbons (Fsp3) is 0.364. The second-order valence-electron chi connectivity index (χ2n) is 7.62. The smallest absolute Gasteiger partial charge is 0.298 e. The number of rotatable bonds is 5. The van der Waals surface area contributed by atoms with E-state index in [2.05, 4.69) is 31.2 Å². The van der Waals surface area contributed by atoms with Gasteiger partial charge < -0.3 is 10.4 Å². The average Bonchev–Trinajstić information content (AvgIpc) is 3.20. The van der Waals surface area contributed by atoms with Gasteiger partial charge in [0.1, 0.15) is 24.1 Å². The molecule has 4 nitrogen and oxygen atoms in total. The molecular formula is C22H21BrF3N3O. The van der Waals surface area contributed by atoms with Gasteiger partial charge in [0.25, 0.3) is 5.92 Å². The average molecular weight is 480 g/mol. The molecule has 1 heterocycles. The molecule has 0 bridgehead atoms. The second kappa shape index (κ2) is 7.81. The molecule has 2 aromatic carbocycles. The summed E-state index contributed by atoms with van der Waals surface area (Å²) in [6, 6.07) is 5.13. The number of nitrogens with one attached hydrogen (secondary N) is 1. The van der Waals surface area contributed by atoms with E-state index in [4.69, 9.17) is 5.11 Å². The number of alkyl halides is 2. The van der Waals surface area contributed by atoms with E-state index < -0.39 is 30.0 Å². The summed E-state index contributed by atoms with van der Waals surface area (Å²) in [4.78, 5) is 9.13. The Morgan fingerprint density at radius 1 is 1.23 bits per heavy atom. The Hall–Kier alpha value is -2.19. The van der Waals surface area contributed by atoms with Gasteiger partial charge in [-0.15, -0.1) is 0 Å². The number of hydrogen-bond acceptors (Lipinski definition) is 4. The summed E-state index contributed by atoms with van der Waals surface area (Å²) in [6.07, 6.45) is 2.99. The van der Waals surface area contributed by atoms with Gasteiger partial charge in [0, 0.05) is 15.4 Å². The maximum atomic E-state index is 14.9. The van der Waals surface area contributed by atoms with Crippen LogP contribution in [0, 0.1) is 12.7 Å². The van der Waals surface area contributed by atoms with Crippen molar-refractivity contribution in [3.05, 3.63) is 62.6 Å². The van der Waals surface area contributed by atoms with Gasteiger partial charge in [-0.05, 0) is 56.4 Å². The molecule has 0 radical (unpaired) electrons. The molecule has 158 valence electrons. The first-order chi connectivity index (χ1) is 14.2. The van der Waals surface area contributed by atoms with E-state index >= 15 is 0 Å². The number of nitrogens with zero attached hydrogens (tertiary/aromatic N) is 2. The Balaban J connectivity index is 1.77. The van der Waals surface area contributed by atoms with E-state index in [-0.39, 0.29) is 5.56 Å². The summed E-state index contributed by atoms with van der Waals surface area (Å²) in [5.41, 5.74) is 2.57. The van der Waals surface area contributed by atoms with Gasteiger partial charge in [0.2, 0.25) is 0 Å². The van der Waals surface area contributed by atoms with Gasteiger partial charge in [-0.3, -0.25) is 0 Å². The normalized spacial score (nSPS) is 14.8. The molecule has 8 heteroatoms. The lowest BCUT2D eigenvalue weighted by molar-refractivity contribution is -0.0583. The van der Waals surface area contributed by atoms with Gasteiger partial charge in [-0.1, -0.05) is 28.1 Å². The van der Waals surface area contributed by atoms with Crippen molar-refractivity contribution in [2.45, 2.75) is 45.1 Å². The Labute approximate surface area is 180 Å². The molecule has 0 saturated carbocycles.